The molecule has 2 N–H and O–H groups in total. The number of H-pyrrole nitrogens is 1. The third-order valence-corrected chi connectivity index (χ3v) is 10.1. The molecule has 0 unspecified atom stereocenters. The van der Waals surface area contributed by atoms with Crippen molar-refractivity contribution in [3.63, 3.8) is 0 Å². The smallest absolute Gasteiger partial charge is 0.158 e. The Labute approximate surface area is 231 Å². The van der Waals surface area contributed by atoms with Crippen molar-refractivity contribution in [2.75, 3.05) is 29.9 Å². The monoisotopic (exact) mass is 551 g/mol. The molecule has 0 aromatic carbocycles. The lowest BCUT2D eigenvalue weighted by molar-refractivity contribution is 0.184. The maximum atomic E-state index is 11.9. The molecule has 9 nitrogen and oxygen atoms in total. The first-order chi connectivity index (χ1) is 18.6. The van der Waals surface area contributed by atoms with Crippen LogP contribution in [0.5, 0.6) is 0 Å². The highest BCUT2D eigenvalue weighted by molar-refractivity contribution is 7.91. The molecule has 0 saturated carbocycles. The van der Waals surface area contributed by atoms with Crippen molar-refractivity contribution >= 4 is 32.3 Å². The number of nitrogens with zero attached hydrogens (tertiary/aromatic N) is 5. The number of anilines is 1. The number of rotatable bonds is 9. The number of aromatic nitrogens is 5. The summed E-state index contributed by atoms with van der Waals surface area (Å²) in [7, 11) is -2.87. The molecule has 0 aliphatic carbocycles. The van der Waals surface area contributed by atoms with Crippen LogP contribution in [0.1, 0.15) is 69.6 Å². The Kier molecular flexibility index (Phi) is 7.70. The zero-order valence-corrected chi connectivity index (χ0v) is 24.8. The van der Waals surface area contributed by atoms with Crippen molar-refractivity contribution in [3.8, 4) is 11.3 Å². The molecule has 5 heterocycles. The molecule has 1 aliphatic rings. The Morgan fingerprint density at radius 3 is 2.56 bits per heavy atom. The van der Waals surface area contributed by atoms with Gasteiger partial charge in [0.05, 0.1) is 28.2 Å². The number of hydrogen-bond donors (Lipinski definition) is 2. The van der Waals surface area contributed by atoms with Gasteiger partial charge in [0.25, 0.3) is 0 Å². The molecule has 4 aromatic heterocycles. The molecule has 0 bridgehead atoms. The molecule has 10 heteroatoms. The van der Waals surface area contributed by atoms with E-state index in [1.165, 1.54) is 11.1 Å². The molecule has 0 radical (unpaired) electrons. The van der Waals surface area contributed by atoms with Crippen molar-refractivity contribution < 1.29 is 8.42 Å². The van der Waals surface area contributed by atoms with Gasteiger partial charge in [0.15, 0.2) is 5.65 Å². The van der Waals surface area contributed by atoms with Gasteiger partial charge in [0, 0.05) is 36.0 Å². The standard InChI is InChI=1S/C29H41N7O2S/c1-7-21(15-35(8-2)22-11-13-39(37,38)14-12-22)32-25-10-9-24-28(34-25)26(18(3)4)27(33-24)23-16-36-29(30-17-31-36)20(6)19(23)5/h9-10,16-18,21-22,33H,7-8,11-15H2,1-6H3,(H,32,34)/t21-/m0/s1. The average Bonchev–Trinajstić information content (AvgIpc) is 3.53. The maximum absolute atomic E-state index is 11.9. The van der Waals surface area contributed by atoms with Crippen LogP contribution in [0.2, 0.25) is 0 Å². The quantitative estimate of drug-likeness (QED) is 0.298. The van der Waals surface area contributed by atoms with Gasteiger partial charge in [-0.05, 0) is 68.8 Å². The van der Waals surface area contributed by atoms with Gasteiger partial charge in [-0.15, -0.1) is 0 Å². The Bertz CT molecular complexity index is 1570. The van der Waals surface area contributed by atoms with Crippen molar-refractivity contribution in [2.45, 2.75) is 78.8 Å². The van der Waals surface area contributed by atoms with E-state index in [-0.39, 0.29) is 12.0 Å². The topological polar surface area (TPSA) is 108 Å². The number of likely N-dealkylation sites (N-methyl/N-ethyl adjacent to an activating group) is 1. The minimum Gasteiger partial charge on any atom is -0.366 e. The van der Waals surface area contributed by atoms with Crippen LogP contribution < -0.4 is 5.32 Å². The van der Waals surface area contributed by atoms with Crippen LogP contribution in [0.3, 0.4) is 0 Å². The lowest BCUT2D eigenvalue weighted by atomic mass is 9.95. The Hall–Kier alpha value is -2.98. The summed E-state index contributed by atoms with van der Waals surface area (Å²) in [6.45, 7) is 14.8. The molecule has 39 heavy (non-hydrogen) atoms. The van der Waals surface area contributed by atoms with E-state index in [9.17, 15) is 8.42 Å². The number of pyridine rings is 2. The molecule has 1 saturated heterocycles. The van der Waals surface area contributed by atoms with Gasteiger partial charge in [-0.3, -0.25) is 4.90 Å². The molecule has 1 fully saturated rings. The summed E-state index contributed by atoms with van der Waals surface area (Å²) < 4.78 is 25.7. The molecule has 4 aromatic rings. The summed E-state index contributed by atoms with van der Waals surface area (Å²) in [5.41, 5.74) is 8.58. The Morgan fingerprint density at radius 1 is 1.15 bits per heavy atom. The van der Waals surface area contributed by atoms with Gasteiger partial charge in [-0.2, -0.15) is 5.10 Å². The summed E-state index contributed by atoms with van der Waals surface area (Å²) in [6.07, 6.45) is 6.05. The van der Waals surface area contributed by atoms with Crippen molar-refractivity contribution in [2.24, 2.45) is 0 Å². The highest BCUT2D eigenvalue weighted by atomic mass is 32.2. The normalized spacial score (nSPS) is 17.0. The van der Waals surface area contributed by atoms with E-state index in [0.29, 0.717) is 17.5 Å². The molecule has 1 atom stereocenters. The van der Waals surface area contributed by atoms with Crippen LogP contribution in [0.4, 0.5) is 5.82 Å². The van der Waals surface area contributed by atoms with Crippen LogP contribution in [-0.2, 0) is 9.84 Å². The first kappa shape index (κ1) is 27.6. The minimum atomic E-state index is -2.87. The number of sulfone groups is 1. The third kappa shape index (κ3) is 5.41. The largest absolute Gasteiger partial charge is 0.366 e. The van der Waals surface area contributed by atoms with Crippen LogP contribution in [0.25, 0.3) is 27.9 Å². The Morgan fingerprint density at radius 2 is 1.90 bits per heavy atom. The summed E-state index contributed by atoms with van der Waals surface area (Å²) in [6, 6.07) is 4.71. The number of hydrogen-bond acceptors (Lipinski definition) is 7. The third-order valence-electron chi connectivity index (χ3n) is 8.40. The highest BCUT2D eigenvalue weighted by Gasteiger charge is 2.28. The van der Waals surface area contributed by atoms with Crippen LogP contribution in [0.15, 0.2) is 24.7 Å². The Balaban J connectivity index is 1.44. The maximum Gasteiger partial charge on any atom is 0.158 e. The second kappa shape index (κ2) is 10.9. The van der Waals surface area contributed by atoms with Crippen molar-refractivity contribution in [3.05, 3.63) is 41.3 Å². The zero-order valence-electron chi connectivity index (χ0n) is 24.0. The number of nitrogens with one attached hydrogen (secondary N) is 2. The number of aromatic amines is 1. The van der Waals surface area contributed by atoms with Crippen LogP contribution in [0, 0.1) is 13.8 Å². The van der Waals surface area contributed by atoms with E-state index in [4.69, 9.17) is 4.98 Å². The van der Waals surface area contributed by atoms with Crippen LogP contribution >= 0.6 is 0 Å². The summed E-state index contributed by atoms with van der Waals surface area (Å²) >= 11 is 0. The van der Waals surface area contributed by atoms with E-state index in [1.54, 1.807) is 6.33 Å². The number of fused-ring (bicyclic) bond motifs is 2. The summed E-state index contributed by atoms with van der Waals surface area (Å²) in [5.74, 6) is 1.73. The fourth-order valence-corrected chi connectivity index (χ4v) is 7.41. The number of aryl methyl sites for hydroxylation is 1. The molecule has 210 valence electrons. The van der Waals surface area contributed by atoms with Gasteiger partial charge < -0.3 is 10.3 Å². The predicted octanol–water partition coefficient (Wildman–Crippen LogP) is 5.10. The minimum absolute atomic E-state index is 0.217. The molecule has 1 aliphatic heterocycles. The van der Waals surface area contributed by atoms with Gasteiger partial charge in [-0.25, -0.2) is 22.9 Å². The first-order valence-corrected chi connectivity index (χ1v) is 16.0. The van der Waals surface area contributed by atoms with E-state index in [2.05, 4.69) is 85.2 Å². The van der Waals surface area contributed by atoms with Gasteiger partial charge in [-0.1, -0.05) is 27.7 Å². The molecular formula is C29H41N7O2S. The van der Waals surface area contributed by atoms with Gasteiger partial charge >= 0.3 is 0 Å². The molecular weight excluding hydrogens is 510 g/mol. The van der Waals surface area contributed by atoms with Crippen LogP contribution in [-0.4, -0.2) is 74.6 Å². The van der Waals surface area contributed by atoms with E-state index >= 15 is 0 Å². The van der Waals surface area contributed by atoms with E-state index in [0.717, 1.165) is 71.7 Å². The molecule has 5 rings (SSSR count). The summed E-state index contributed by atoms with van der Waals surface area (Å²) in [5, 5.41) is 8.09. The lowest BCUT2D eigenvalue weighted by Crippen LogP contribution is -2.46. The van der Waals surface area contributed by atoms with Gasteiger partial charge in [0.2, 0.25) is 0 Å². The zero-order chi connectivity index (χ0) is 27.9. The predicted molar refractivity (Wildman–Crippen MR) is 158 cm³/mol. The second-order valence-corrected chi connectivity index (χ2v) is 13.5. The van der Waals surface area contributed by atoms with Gasteiger partial charge in [0.1, 0.15) is 22.0 Å². The second-order valence-electron chi connectivity index (χ2n) is 11.2. The fraction of sp³-hybridized carbons (Fsp3) is 0.552. The SMILES string of the molecule is CC[C@@H](CN(CC)C1CCS(=O)(=O)CC1)Nc1ccc2[nH]c(-c3cn4ncnc4c(C)c3C)c(C(C)C)c2n1. The fourth-order valence-electron chi connectivity index (χ4n) is 5.94. The summed E-state index contributed by atoms with van der Waals surface area (Å²) in [4.78, 5) is 15.6. The van der Waals surface area contributed by atoms with Crippen molar-refractivity contribution in [1.29, 1.82) is 0 Å². The van der Waals surface area contributed by atoms with E-state index in [1.807, 2.05) is 4.52 Å². The molecule has 0 spiro atoms. The van der Waals surface area contributed by atoms with Crippen molar-refractivity contribution in [1.82, 2.24) is 29.5 Å². The highest BCUT2D eigenvalue weighted by Crippen LogP contribution is 2.37. The van der Waals surface area contributed by atoms with E-state index < -0.39 is 9.84 Å². The molecule has 0 amide bonds. The first-order valence-electron chi connectivity index (χ1n) is 14.1. The lowest BCUT2D eigenvalue weighted by Gasteiger charge is -2.36. The average molecular weight is 552 g/mol.